The SMILES string of the molecule is CCOC(=O)[C@H]1CC[C@H](C(=O)OCC)N1CCN1[C@H](C(=O)OCC)CC[C@H]1C(=O)OCC. The van der Waals surface area contributed by atoms with Crippen molar-refractivity contribution in [2.75, 3.05) is 39.5 Å². The van der Waals surface area contributed by atoms with Crippen molar-refractivity contribution in [3.05, 3.63) is 0 Å². The summed E-state index contributed by atoms with van der Waals surface area (Å²) in [5.74, 6) is -1.54. The van der Waals surface area contributed by atoms with Gasteiger partial charge in [0.2, 0.25) is 0 Å². The smallest absolute Gasteiger partial charge is 0.323 e. The summed E-state index contributed by atoms with van der Waals surface area (Å²) in [6.45, 7) is 8.50. The Hall–Kier alpha value is -2.20. The second-order valence-electron chi connectivity index (χ2n) is 7.70. The number of ether oxygens (including phenoxy) is 4. The number of nitrogens with zero attached hydrogens (tertiary/aromatic N) is 2. The molecule has 10 nitrogen and oxygen atoms in total. The van der Waals surface area contributed by atoms with E-state index in [1.54, 1.807) is 37.5 Å². The Labute approximate surface area is 189 Å². The fourth-order valence-electron chi connectivity index (χ4n) is 4.55. The average Bonchev–Trinajstić information content (AvgIpc) is 3.37. The van der Waals surface area contributed by atoms with Crippen molar-refractivity contribution < 1.29 is 38.1 Å². The quantitative estimate of drug-likeness (QED) is 0.328. The molecule has 2 fully saturated rings. The van der Waals surface area contributed by atoms with E-state index < -0.39 is 24.2 Å². The van der Waals surface area contributed by atoms with Crippen LogP contribution in [-0.2, 0) is 38.1 Å². The Balaban J connectivity index is 2.21. The molecule has 0 radical (unpaired) electrons. The van der Waals surface area contributed by atoms with Gasteiger partial charge in [0.1, 0.15) is 24.2 Å². The van der Waals surface area contributed by atoms with E-state index in [1.807, 2.05) is 0 Å². The maximum absolute atomic E-state index is 12.5. The highest BCUT2D eigenvalue weighted by molar-refractivity contribution is 5.82. The zero-order valence-corrected chi connectivity index (χ0v) is 19.5. The highest BCUT2D eigenvalue weighted by atomic mass is 16.5. The van der Waals surface area contributed by atoms with Crippen LogP contribution in [0.2, 0.25) is 0 Å². The Bertz CT molecular complexity index is 562. The summed E-state index contributed by atoms with van der Waals surface area (Å²) >= 11 is 0. The van der Waals surface area contributed by atoms with E-state index in [0.29, 0.717) is 38.8 Å². The molecule has 182 valence electrons. The molecule has 0 amide bonds. The minimum Gasteiger partial charge on any atom is -0.465 e. The molecule has 2 rings (SSSR count). The molecule has 0 aromatic rings. The van der Waals surface area contributed by atoms with Crippen molar-refractivity contribution in [1.82, 2.24) is 9.80 Å². The zero-order chi connectivity index (χ0) is 23.7. The van der Waals surface area contributed by atoms with E-state index >= 15 is 0 Å². The summed E-state index contributed by atoms with van der Waals surface area (Å²) < 4.78 is 20.8. The number of esters is 4. The first-order valence-electron chi connectivity index (χ1n) is 11.6. The largest absolute Gasteiger partial charge is 0.465 e. The summed E-state index contributed by atoms with van der Waals surface area (Å²) in [6, 6.07) is -2.30. The number of rotatable bonds is 11. The van der Waals surface area contributed by atoms with Crippen LogP contribution in [0.5, 0.6) is 0 Å². The van der Waals surface area contributed by atoms with Gasteiger partial charge in [-0.2, -0.15) is 0 Å². The first-order valence-corrected chi connectivity index (χ1v) is 11.6. The number of carbonyl (C=O) groups excluding carboxylic acids is 4. The zero-order valence-electron chi connectivity index (χ0n) is 19.5. The maximum atomic E-state index is 12.5. The van der Waals surface area contributed by atoms with E-state index in [4.69, 9.17) is 18.9 Å². The van der Waals surface area contributed by atoms with Crippen molar-refractivity contribution in [3.63, 3.8) is 0 Å². The van der Waals surface area contributed by atoms with Gasteiger partial charge in [0.25, 0.3) is 0 Å². The van der Waals surface area contributed by atoms with Crippen LogP contribution in [0.3, 0.4) is 0 Å². The fourth-order valence-corrected chi connectivity index (χ4v) is 4.55. The molecule has 32 heavy (non-hydrogen) atoms. The van der Waals surface area contributed by atoms with Crippen LogP contribution in [0, 0.1) is 0 Å². The molecule has 10 heteroatoms. The number of likely N-dealkylation sites (tertiary alicyclic amines) is 2. The third-order valence-electron chi connectivity index (χ3n) is 5.88. The highest BCUT2D eigenvalue weighted by Crippen LogP contribution is 2.29. The van der Waals surface area contributed by atoms with Crippen molar-refractivity contribution in [3.8, 4) is 0 Å². The van der Waals surface area contributed by atoms with E-state index in [0.717, 1.165) is 0 Å². The number of hydrogen-bond acceptors (Lipinski definition) is 10. The van der Waals surface area contributed by atoms with Crippen LogP contribution in [0.4, 0.5) is 0 Å². The van der Waals surface area contributed by atoms with Gasteiger partial charge in [0.05, 0.1) is 26.4 Å². The summed E-state index contributed by atoms with van der Waals surface area (Å²) in [7, 11) is 0. The summed E-state index contributed by atoms with van der Waals surface area (Å²) in [6.07, 6.45) is 1.91. The summed E-state index contributed by atoms with van der Waals surface area (Å²) in [5.41, 5.74) is 0. The normalized spacial score (nSPS) is 26.0. The third kappa shape index (κ3) is 6.19. The van der Waals surface area contributed by atoms with E-state index in [-0.39, 0.29) is 50.3 Å². The molecule has 0 bridgehead atoms. The lowest BCUT2D eigenvalue weighted by atomic mass is 10.2. The van der Waals surface area contributed by atoms with Gasteiger partial charge in [0, 0.05) is 13.1 Å². The second-order valence-corrected chi connectivity index (χ2v) is 7.70. The Morgan fingerprint density at radius 1 is 0.531 bits per heavy atom. The third-order valence-corrected chi connectivity index (χ3v) is 5.88. The van der Waals surface area contributed by atoms with Crippen LogP contribution >= 0.6 is 0 Å². The molecular formula is C22H36N2O8. The fraction of sp³-hybridized carbons (Fsp3) is 0.818. The predicted octanol–water partition coefficient (Wildman–Crippen LogP) is 0.905. The lowest BCUT2D eigenvalue weighted by Gasteiger charge is -2.33. The molecule has 2 aliphatic heterocycles. The van der Waals surface area contributed by atoms with Gasteiger partial charge >= 0.3 is 23.9 Å². The van der Waals surface area contributed by atoms with Gasteiger partial charge < -0.3 is 18.9 Å². The van der Waals surface area contributed by atoms with Crippen LogP contribution in [0.25, 0.3) is 0 Å². The van der Waals surface area contributed by atoms with Crippen LogP contribution < -0.4 is 0 Å². The minimum atomic E-state index is -0.575. The minimum absolute atomic E-state index is 0.245. The molecule has 4 atom stereocenters. The topological polar surface area (TPSA) is 112 Å². The Morgan fingerprint density at radius 2 is 0.750 bits per heavy atom. The monoisotopic (exact) mass is 456 g/mol. The molecule has 2 aliphatic rings. The Morgan fingerprint density at radius 3 is 0.938 bits per heavy atom. The first-order chi connectivity index (χ1) is 15.4. The average molecular weight is 457 g/mol. The Kier molecular flexibility index (Phi) is 10.4. The number of carbonyl (C=O) groups is 4. The standard InChI is InChI=1S/C22H36N2O8/c1-5-29-19(25)15-9-10-16(20(26)30-6-2)23(15)13-14-24-17(21(27)31-7-3)11-12-18(24)22(28)32-8-4/h15-18H,5-14H2,1-4H3/t15-,16-,17+,18+. The van der Waals surface area contributed by atoms with Crippen molar-refractivity contribution in [1.29, 1.82) is 0 Å². The van der Waals surface area contributed by atoms with Gasteiger partial charge in [0.15, 0.2) is 0 Å². The van der Waals surface area contributed by atoms with Crippen LogP contribution in [0.15, 0.2) is 0 Å². The molecule has 2 heterocycles. The van der Waals surface area contributed by atoms with Gasteiger partial charge in [-0.15, -0.1) is 0 Å². The molecule has 0 aromatic carbocycles. The predicted molar refractivity (Wildman–Crippen MR) is 114 cm³/mol. The van der Waals surface area contributed by atoms with Gasteiger partial charge in [-0.3, -0.25) is 29.0 Å². The van der Waals surface area contributed by atoms with Gasteiger partial charge in [-0.1, -0.05) is 0 Å². The van der Waals surface area contributed by atoms with E-state index in [1.165, 1.54) is 0 Å². The van der Waals surface area contributed by atoms with Gasteiger partial charge in [-0.25, -0.2) is 0 Å². The van der Waals surface area contributed by atoms with E-state index in [2.05, 4.69) is 0 Å². The lowest BCUT2D eigenvalue weighted by molar-refractivity contribution is -0.157. The molecular weight excluding hydrogens is 420 g/mol. The van der Waals surface area contributed by atoms with E-state index in [9.17, 15) is 19.2 Å². The van der Waals surface area contributed by atoms with Crippen molar-refractivity contribution in [2.45, 2.75) is 77.5 Å². The molecule has 0 aliphatic carbocycles. The molecule has 0 spiro atoms. The molecule has 0 saturated carbocycles. The number of hydrogen-bond donors (Lipinski definition) is 0. The van der Waals surface area contributed by atoms with Crippen molar-refractivity contribution >= 4 is 23.9 Å². The summed E-state index contributed by atoms with van der Waals surface area (Å²) in [4.78, 5) is 53.6. The first kappa shape index (κ1) is 26.1. The molecule has 2 saturated heterocycles. The van der Waals surface area contributed by atoms with Crippen molar-refractivity contribution in [2.24, 2.45) is 0 Å². The van der Waals surface area contributed by atoms with Crippen LogP contribution in [-0.4, -0.2) is 97.4 Å². The van der Waals surface area contributed by atoms with Gasteiger partial charge in [-0.05, 0) is 53.4 Å². The van der Waals surface area contributed by atoms with Crippen LogP contribution in [0.1, 0.15) is 53.4 Å². The molecule has 0 aromatic heterocycles. The maximum Gasteiger partial charge on any atom is 0.323 e. The second kappa shape index (κ2) is 12.7. The highest BCUT2D eigenvalue weighted by Gasteiger charge is 2.46. The summed E-state index contributed by atoms with van der Waals surface area (Å²) in [5, 5.41) is 0. The molecule has 0 N–H and O–H groups in total. The lowest BCUT2D eigenvalue weighted by Crippen LogP contribution is -2.52. The molecule has 0 unspecified atom stereocenters.